The Kier molecular flexibility index (Phi) is 6.32. The van der Waals surface area contributed by atoms with Crippen molar-refractivity contribution in [1.82, 2.24) is 0 Å². The molecule has 0 N–H and O–H groups in total. The lowest BCUT2D eigenvalue weighted by molar-refractivity contribution is -0.0575. The lowest BCUT2D eigenvalue weighted by Crippen LogP contribution is -2.22. The van der Waals surface area contributed by atoms with Crippen LogP contribution >= 0.6 is 0 Å². The lowest BCUT2D eigenvalue weighted by atomic mass is 9.97. The van der Waals surface area contributed by atoms with Gasteiger partial charge in [-0.25, -0.2) is 0 Å². The number of hydrogen-bond donors (Lipinski definition) is 0. The molecule has 0 saturated carbocycles. The maximum absolute atomic E-state index is 5.53. The van der Waals surface area contributed by atoms with E-state index in [4.69, 9.17) is 9.47 Å². The molecule has 0 aromatic carbocycles. The molecule has 1 rings (SSSR count). The van der Waals surface area contributed by atoms with Gasteiger partial charge in [0.2, 0.25) is 0 Å². The monoisotopic (exact) mass is 242 g/mol. The van der Waals surface area contributed by atoms with Crippen LogP contribution in [0.2, 0.25) is 25.7 Å². The van der Waals surface area contributed by atoms with Crippen LogP contribution in [-0.2, 0) is 9.47 Å². The molecule has 1 atom stereocenters. The Morgan fingerprint density at radius 2 is 2.06 bits per heavy atom. The molecule has 1 aliphatic carbocycles. The summed E-state index contributed by atoms with van der Waals surface area (Å²) >= 11 is 0. The molecular weight excluding hydrogens is 216 g/mol. The van der Waals surface area contributed by atoms with E-state index in [-0.39, 0.29) is 0 Å². The molecule has 0 heterocycles. The predicted molar refractivity (Wildman–Crippen MR) is 71.4 cm³/mol. The van der Waals surface area contributed by atoms with E-state index in [0.29, 0.717) is 12.7 Å². The summed E-state index contributed by atoms with van der Waals surface area (Å²) in [4.78, 5) is 0. The topological polar surface area (TPSA) is 18.5 Å². The van der Waals surface area contributed by atoms with E-state index >= 15 is 0 Å². The summed E-state index contributed by atoms with van der Waals surface area (Å²) < 4.78 is 11.0. The lowest BCUT2D eigenvalue weighted by Gasteiger charge is -2.17. The average Bonchev–Trinajstić information content (AvgIpc) is 2.23. The highest BCUT2D eigenvalue weighted by Crippen LogP contribution is 2.17. The first kappa shape index (κ1) is 13.9. The second-order valence-electron chi connectivity index (χ2n) is 5.83. The fourth-order valence-corrected chi connectivity index (χ4v) is 2.47. The standard InChI is InChI=1S/C13H26O2Si/c1-16(2,3)10-9-14-12-15-11-13-7-5-4-6-8-13/h5,7,13H,4,6,8-12H2,1-3H3. The zero-order valence-corrected chi connectivity index (χ0v) is 12.0. The van der Waals surface area contributed by atoms with Crippen molar-refractivity contribution in [1.29, 1.82) is 0 Å². The molecule has 0 spiro atoms. The highest BCUT2D eigenvalue weighted by atomic mass is 28.3. The van der Waals surface area contributed by atoms with Gasteiger partial charge >= 0.3 is 0 Å². The van der Waals surface area contributed by atoms with Gasteiger partial charge in [0.05, 0.1) is 6.61 Å². The Balaban J connectivity index is 1.92. The molecule has 1 unspecified atom stereocenters. The van der Waals surface area contributed by atoms with Crippen LogP contribution in [0, 0.1) is 5.92 Å². The molecule has 0 aromatic rings. The van der Waals surface area contributed by atoms with Crippen LogP contribution in [-0.4, -0.2) is 28.1 Å². The second-order valence-corrected chi connectivity index (χ2v) is 11.4. The zero-order chi connectivity index (χ0) is 11.9. The molecule has 0 radical (unpaired) electrons. The first-order valence-corrected chi connectivity index (χ1v) is 10.1. The summed E-state index contributed by atoms with van der Waals surface area (Å²) in [6, 6.07) is 1.22. The van der Waals surface area contributed by atoms with Gasteiger partial charge in [0.1, 0.15) is 6.79 Å². The van der Waals surface area contributed by atoms with Gasteiger partial charge in [-0.2, -0.15) is 0 Å². The van der Waals surface area contributed by atoms with Crippen molar-refractivity contribution in [3.05, 3.63) is 12.2 Å². The Morgan fingerprint density at radius 1 is 1.25 bits per heavy atom. The molecule has 16 heavy (non-hydrogen) atoms. The Bertz CT molecular complexity index is 208. The van der Waals surface area contributed by atoms with Crippen LogP contribution in [0.1, 0.15) is 19.3 Å². The minimum Gasteiger partial charge on any atom is -0.356 e. The van der Waals surface area contributed by atoms with Gasteiger partial charge in [-0.15, -0.1) is 0 Å². The molecule has 0 bridgehead atoms. The Hall–Kier alpha value is -0.123. The molecular formula is C13H26O2Si. The van der Waals surface area contributed by atoms with Gasteiger partial charge in [0.15, 0.2) is 0 Å². The third kappa shape index (κ3) is 7.20. The summed E-state index contributed by atoms with van der Waals surface area (Å²) in [5, 5.41) is 0. The van der Waals surface area contributed by atoms with Crippen molar-refractivity contribution in [3.8, 4) is 0 Å². The van der Waals surface area contributed by atoms with Crippen molar-refractivity contribution in [2.24, 2.45) is 5.92 Å². The minimum absolute atomic E-state index is 0.467. The summed E-state index contributed by atoms with van der Waals surface area (Å²) in [6.07, 6.45) is 8.37. The number of rotatable bonds is 7. The molecule has 0 aliphatic heterocycles. The quantitative estimate of drug-likeness (QED) is 0.293. The van der Waals surface area contributed by atoms with Crippen molar-refractivity contribution < 1.29 is 9.47 Å². The fourth-order valence-electron chi connectivity index (χ4n) is 1.72. The van der Waals surface area contributed by atoms with Gasteiger partial charge in [-0.1, -0.05) is 31.8 Å². The van der Waals surface area contributed by atoms with Crippen LogP contribution in [0.3, 0.4) is 0 Å². The predicted octanol–water partition coefficient (Wildman–Crippen LogP) is 3.67. The highest BCUT2D eigenvalue weighted by molar-refractivity contribution is 6.76. The molecule has 0 amide bonds. The van der Waals surface area contributed by atoms with Gasteiger partial charge in [0, 0.05) is 20.6 Å². The highest BCUT2D eigenvalue weighted by Gasteiger charge is 2.12. The van der Waals surface area contributed by atoms with Gasteiger partial charge in [-0.05, 0) is 25.3 Å². The molecule has 2 nitrogen and oxygen atoms in total. The van der Waals surface area contributed by atoms with Crippen molar-refractivity contribution in [2.45, 2.75) is 44.9 Å². The molecule has 0 aromatic heterocycles. The summed E-state index contributed by atoms with van der Waals surface area (Å²) in [5.41, 5.74) is 0. The normalized spacial score (nSPS) is 21.3. The third-order valence-electron chi connectivity index (χ3n) is 2.85. The molecule has 94 valence electrons. The van der Waals surface area contributed by atoms with E-state index in [0.717, 1.165) is 13.2 Å². The van der Waals surface area contributed by atoms with Crippen LogP contribution in [0.15, 0.2) is 12.2 Å². The summed E-state index contributed by atoms with van der Waals surface area (Å²) in [6.45, 7) is 9.24. The van der Waals surface area contributed by atoms with Crippen LogP contribution in [0.5, 0.6) is 0 Å². The maximum Gasteiger partial charge on any atom is 0.146 e. The van der Waals surface area contributed by atoms with Crippen LogP contribution in [0.25, 0.3) is 0 Å². The minimum atomic E-state index is -0.941. The fraction of sp³-hybridized carbons (Fsp3) is 0.846. The third-order valence-corrected chi connectivity index (χ3v) is 4.55. The van der Waals surface area contributed by atoms with Crippen LogP contribution < -0.4 is 0 Å². The first-order valence-electron chi connectivity index (χ1n) is 6.40. The van der Waals surface area contributed by atoms with Crippen LogP contribution in [0.4, 0.5) is 0 Å². The van der Waals surface area contributed by atoms with E-state index in [2.05, 4.69) is 31.8 Å². The summed E-state index contributed by atoms with van der Waals surface area (Å²) in [5.74, 6) is 0.620. The van der Waals surface area contributed by atoms with E-state index in [9.17, 15) is 0 Å². The smallest absolute Gasteiger partial charge is 0.146 e. The first-order chi connectivity index (χ1) is 7.58. The molecule has 3 heteroatoms. The number of ether oxygens (including phenoxy) is 2. The van der Waals surface area contributed by atoms with E-state index < -0.39 is 8.07 Å². The largest absolute Gasteiger partial charge is 0.356 e. The van der Waals surface area contributed by atoms with Crippen molar-refractivity contribution >= 4 is 8.07 Å². The molecule has 1 aliphatic rings. The molecule has 0 saturated heterocycles. The van der Waals surface area contributed by atoms with Gasteiger partial charge < -0.3 is 9.47 Å². The Labute approximate surface area is 101 Å². The van der Waals surface area contributed by atoms with Crippen molar-refractivity contribution in [2.75, 3.05) is 20.0 Å². The molecule has 0 fully saturated rings. The Morgan fingerprint density at radius 3 is 2.69 bits per heavy atom. The number of hydrogen-bond acceptors (Lipinski definition) is 2. The van der Waals surface area contributed by atoms with Gasteiger partial charge in [-0.3, -0.25) is 0 Å². The maximum atomic E-state index is 5.53. The van der Waals surface area contributed by atoms with E-state index in [1.807, 2.05) is 0 Å². The SMILES string of the molecule is C[Si](C)(C)CCOCOCC1C=CCCC1. The van der Waals surface area contributed by atoms with Gasteiger partial charge in [0.25, 0.3) is 0 Å². The van der Waals surface area contributed by atoms with Crippen molar-refractivity contribution in [3.63, 3.8) is 0 Å². The number of allylic oxidation sites excluding steroid dienone is 1. The zero-order valence-electron chi connectivity index (χ0n) is 11.0. The summed E-state index contributed by atoms with van der Waals surface area (Å²) in [7, 11) is -0.941. The van der Waals surface area contributed by atoms with E-state index in [1.54, 1.807) is 0 Å². The average molecular weight is 242 g/mol. The van der Waals surface area contributed by atoms with E-state index in [1.165, 1.54) is 25.3 Å². The second kappa shape index (κ2) is 7.25.